The minimum atomic E-state index is -4.56. The number of hydrogen-bond donors (Lipinski definition) is 1. The quantitative estimate of drug-likeness (QED) is 0.266. The largest absolute Gasteiger partial charge is 0.758 e. The number of nitrogens with two attached hydrogens (primary N) is 1. The molecular formula is C19H36NO7PW2-2. The van der Waals surface area contributed by atoms with Gasteiger partial charge in [0, 0.05) is 54.1 Å². The van der Waals surface area contributed by atoms with Gasteiger partial charge < -0.3 is 33.9 Å². The van der Waals surface area contributed by atoms with Crippen LogP contribution in [0.4, 0.5) is 0 Å². The van der Waals surface area contributed by atoms with Crippen molar-refractivity contribution in [2.24, 2.45) is 17.6 Å². The molecule has 1 aliphatic carbocycles. The zero-order valence-electron chi connectivity index (χ0n) is 18.6. The van der Waals surface area contributed by atoms with E-state index in [-0.39, 0.29) is 84.4 Å². The summed E-state index contributed by atoms with van der Waals surface area (Å²) in [6, 6.07) is -0.185. The second-order valence-corrected chi connectivity index (χ2v) is 9.86. The summed E-state index contributed by atoms with van der Waals surface area (Å²) in [5.41, 5.74) is 6.23. The zero-order chi connectivity index (χ0) is 21.1. The summed E-state index contributed by atoms with van der Waals surface area (Å²) in [4.78, 5) is 12.4. The first-order chi connectivity index (χ1) is 13.0. The first-order valence-corrected chi connectivity index (χ1v) is 11.6. The van der Waals surface area contributed by atoms with Crippen molar-refractivity contribution in [2.75, 3.05) is 6.61 Å². The van der Waals surface area contributed by atoms with Gasteiger partial charge in [-0.3, -0.25) is 4.57 Å². The van der Waals surface area contributed by atoms with Gasteiger partial charge in [0.05, 0.1) is 37.1 Å². The van der Waals surface area contributed by atoms with E-state index in [1.54, 1.807) is 0 Å². The van der Waals surface area contributed by atoms with Crippen molar-refractivity contribution in [3.05, 3.63) is 6.61 Å². The molecule has 2 N–H and O–H groups in total. The molecule has 2 unspecified atom stereocenters. The van der Waals surface area contributed by atoms with Crippen LogP contribution in [0.3, 0.4) is 0 Å². The van der Waals surface area contributed by atoms with Crippen LogP contribution in [0.25, 0.3) is 0 Å². The predicted molar refractivity (Wildman–Crippen MR) is 103 cm³/mol. The fourth-order valence-electron chi connectivity index (χ4n) is 3.81. The number of rotatable bonds is 10. The molecule has 0 aromatic carbocycles. The summed E-state index contributed by atoms with van der Waals surface area (Å²) in [5.74, 6) is -0.0689. The van der Waals surface area contributed by atoms with Gasteiger partial charge in [0.1, 0.15) is 0 Å². The molecule has 30 heavy (non-hydrogen) atoms. The van der Waals surface area contributed by atoms with Crippen molar-refractivity contribution in [1.82, 2.24) is 0 Å². The molecule has 0 amide bonds. The maximum Gasteiger partial charge on any atom is 0.237 e. The van der Waals surface area contributed by atoms with Gasteiger partial charge in [-0.2, -0.15) is 6.61 Å². The van der Waals surface area contributed by atoms with E-state index in [9.17, 15) is 9.46 Å². The minimum absolute atomic E-state index is 0. The van der Waals surface area contributed by atoms with Gasteiger partial charge in [-0.15, -0.1) is 0 Å². The van der Waals surface area contributed by atoms with Crippen LogP contribution in [0.15, 0.2) is 0 Å². The molecule has 0 spiro atoms. The fraction of sp³-hybridized carbons (Fsp3) is 0.947. The third-order valence-corrected chi connectivity index (χ3v) is 6.12. The summed E-state index contributed by atoms with van der Waals surface area (Å²) >= 11 is 0. The molecule has 0 aromatic rings. The van der Waals surface area contributed by atoms with E-state index in [1.165, 1.54) is 6.61 Å². The first kappa shape index (κ1) is 31.3. The molecule has 11 heteroatoms. The molecule has 0 aromatic heterocycles. The Bertz CT molecular complexity index is 543. The van der Waals surface area contributed by atoms with Gasteiger partial charge in [-0.1, -0.05) is 6.92 Å². The molecule has 8 atom stereocenters. The summed E-state index contributed by atoms with van der Waals surface area (Å²) in [5, 5.41) is 0. The SMILES string of the molecule is CC(C)OC[C@H]1C(N)[C@@H](C)C[C@H]1OP(=O)([O-])O[CH-][C@H]1O[C@@H](C)C[C@H]1OC(C)C.[W].[W]. The molecule has 1 aliphatic heterocycles. The van der Waals surface area contributed by atoms with Crippen LogP contribution >= 0.6 is 7.82 Å². The Morgan fingerprint density at radius 3 is 2.33 bits per heavy atom. The van der Waals surface area contributed by atoms with Crippen molar-refractivity contribution >= 4 is 7.82 Å². The summed E-state index contributed by atoms with van der Waals surface area (Å²) in [6.45, 7) is 13.1. The van der Waals surface area contributed by atoms with Gasteiger partial charge in [0.2, 0.25) is 7.82 Å². The second kappa shape index (κ2) is 13.9. The number of phosphoric ester groups is 1. The Labute approximate surface area is 209 Å². The molecule has 8 nitrogen and oxygen atoms in total. The van der Waals surface area contributed by atoms with Crippen LogP contribution in [-0.4, -0.2) is 49.3 Å². The average Bonchev–Trinajstić information content (AvgIpc) is 3.02. The maximum atomic E-state index is 12.4. The summed E-state index contributed by atoms with van der Waals surface area (Å²) in [6.07, 6.45) is -0.149. The second-order valence-electron chi connectivity index (χ2n) is 8.54. The van der Waals surface area contributed by atoms with Crippen LogP contribution in [0.1, 0.15) is 54.4 Å². The van der Waals surface area contributed by atoms with Crippen LogP contribution < -0.4 is 10.6 Å². The van der Waals surface area contributed by atoms with Crippen molar-refractivity contribution in [2.45, 2.75) is 97.0 Å². The zero-order valence-corrected chi connectivity index (χ0v) is 25.4. The Hall–Kier alpha value is 1.33. The molecular weight excluding hydrogens is 753 g/mol. The number of ether oxygens (including phenoxy) is 3. The molecule has 0 radical (unpaired) electrons. The Morgan fingerprint density at radius 1 is 1.13 bits per heavy atom. The minimum Gasteiger partial charge on any atom is -0.758 e. The van der Waals surface area contributed by atoms with Crippen molar-refractivity contribution < 1.29 is 74.8 Å². The van der Waals surface area contributed by atoms with E-state index in [0.717, 1.165) is 0 Å². The van der Waals surface area contributed by atoms with Crippen LogP contribution in [0.5, 0.6) is 0 Å². The third-order valence-electron chi connectivity index (χ3n) is 5.21. The van der Waals surface area contributed by atoms with E-state index < -0.39 is 20.0 Å². The molecule has 0 bridgehead atoms. The molecule has 1 saturated carbocycles. The van der Waals surface area contributed by atoms with Gasteiger partial charge in [0.25, 0.3) is 0 Å². The molecule has 1 heterocycles. The van der Waals surface area contributed by atoms with Gasteiger partial charge >= 0.3 is 0 Å². The van der Waals surface area contributed by atoms with Crippen molar-refractivity contribution in [3.8, 4) is 0 Å². The van der Waals surface area contributed by atoms with E-state index in [0.29, 0.717) is 19.4 Å². The van der Waals surface area contributed by atoms with Crippen LogP contribution in [-0.2, 0) is 70.0 Å². The Morgan fingerprint density at radius 2 is 1.77 bits per heavy atom. The van der Waals surface area contributed by atoms with E-state index in [4.69, 9.17) is 29.0 Å². The third kappa shape index (κ3) is 9.67. The van der Waals surface area contributed by atoms with E-state index in [2.05, 4.69) is 0 Å². The van der Waals surface area contributed by atoms with Gasteiger partial charge in [0.15, 0.2) is 0 Å². The van der Waals surface area contributed by atoms with E-state index >= 15 is 0 Å². The van der Waals surface area contributed by atoms with Crippen molar-refractivity contribution in [3.63, 3.8) is 0 Å². The smallest absolute Gasteiger partial charge is 0.237 e. The van der Waals surface area contributed by atoms with Gasteiger partial charge in [-0.25, -0.2) is 0 Å². The monoisotopic (exact) mass is 789 g/mol. The van der Waals surface area contributed by atoms with Crippen LogP contribution in [0, 0.1) is 18.4 Å². The molecule has 1 saturated heterocycles. The Kier molecular flexibility index (Phi) is 14.5. The molecule has 2 aliphatic rings. The van der Waals surface area contributed by atoms with Crippen molar-refractivity contribution in [1.29, 1.82) is 0 Å². The fourth-order valence-corrected chi connectivity index (χ4v) is 4.70. The number of phosphoric acid groups is 1. The summed E-state index contributed by atoms with van der Waals surface area (Å²) in [7, 11) is -4.56. The predicted octanol–water partition coefficient (Wildman–Crippen LogP) is 2.39. The topological polar surface area (TPSA) is 112 Å². The maximum absolute atomic E-state index is 12.4. The molecule has 178 valence electrons. The molecule has 2 rings (SSSR count). The van der Waals surface area contributed by atoms with Gasteiger partial charge in [-0.05, 0) is 59.5 Å². The summed E-state index contributed by atoms with van der Waals surface area (Å²) < 4.78 is 40.0. The standard InChI is InChI=1S/C19H37NO7P.2W/c1-11(2)23-9-15-16(7-13(5)19(15)20)27-28(21,22)24-10-18-17(25-12(3)4)8-14(6)26-18;;/h10-19H,7-9,20H2,1-6H3,(H,21,22);;/q-1;;/p-1/t13-,14-,15+,16+,17+,18+,19?;;/m0../s1. The van der Waals surface area contributed by atoms with E-state index in [1.807, 2.05) is 41.5 Å². The Balaban J connectivity index is 0.00000420. The normalized spacial score (nSPS) is 35.9. The van der Waals surface area contributed by atoms with Crippen LogP contribution in [0.2, 0.25) is 0 Å². The first-order valence-electron chi connectivity index (χ1n) is 10.2. The average molecular weight is 789 g/mol. The molecule has 2 fully saturated rings. The number of hydrogen-bond acceptors (Lipinski definition) is 8.